The van der Waals surface area contributed by atoms with Crippen molar-refractivity contribution in [3.8, 4) is 17.6 Å². The molecular formula is C24H33NO4. The molecule has 1 aliphatic rings. The molecular weight excluding hydrogens is 366 g/mol. The predicted octanol–water partition coefficient (Wildman–Crippen LogP) is 5.82. The van der Waals surface area contributed by atoms with E-state index in [1.807, 2.05) is 18.2 Å². The van der Waals surface area contributed by atoms with Gasteiger partial charge in [-0.25, -0.2) is 0 Å². The molecule has 5 heteroatoms. The van der Waals surface area contributed by atoms with E-state index < -0.39 is 5.97 Å². The second-order valence-electron chi connectivity index (χ2n) is 7.90. The van der Waals surface area contributed by atoms with Crippen LogP contribution in [0.15, 0.2) is 30.4 Å². The maximum absolute atomic E-state index is 10.5. The zero-order valence-electron chi connectivity index (χ0n) is 17.5. The average Bonchev–Trinajstić information content (AvgIpc) is 2.69. The third-order valence-corrected chi connectivity index (χ3v) is 5.20. The molecule has 0 aliphatic carbocycles. The Balaban J connectivity index is 1.74. The van der Waals surface area contributed by atoms with Gasteiger partial charge >= 0.3 is 5.97 Å². The second kappa shape index (κ2) is 12.2. The number of aryl methyl sites for hydroxylation is 1. The lowest BCUT2D eigenvalue weighted by Crippen LogP contribution is -2.34. The summed E-state index contributed by atoms with van der Waals surface area (Å²) in [6, 6.07) is 8.13. The van der Waals surface area contributed by atoms with Crippen LogP contribution in [0.25, 0.3) is 0 Å². The van der Waals surface area contributed by atoms with Gasteiger partial charge in [0.25, 0.3) is 0 Å². The fraction of sp³-hybridized carbons (Fsp3) is 0.583. The Morgan fingerprint density at radius 2 is 2.10 bits per heavy atom. The standard InChI is InChI=1S/C24H33NO4/c1-24(15-8-5-3-2-4-6-9-17-25)16-14-20-19-21(12-13-22(20)29-24)28-18-10-7-11-23(26)27/h8,12-13,15,19H,2-7,9-11,14,16,18H2,1H3,(H,26,27). The fourth-order valence-electron chi connectivity index (χ4n) is 3.46. The largest absolute Gasteiger partial charge is 0.494 e. The Bertz CT molecular complexity index is 722. The maximum Gasteiger partial charge on any atom is 0.303 e. The van der Waals surface area contributed by atoms with Crippen molar-refractivity contribution in [3.63, 3.8) is 0 Å². The van der Waals surface area contributed by atoms with Crippen LogP contribution in [0.5, 0.6) is 11.5 Å². The number of ether oxygens (including phenoxy) is 2. The molecule has 0 aromatic heterocycles. The highest BCUT2D eigenvalue weighted by Gasteiger charge is 2.29. The van der Waals surface area contributed by atoms with Crippen LogP contribution in [-0.4, -0.2) is 23.3 Å². The van der Waals surface area contributed by atoms with E-state index in [2.05, 4.69) is 25.1 Å². The van der Waals surface area contributed by atoms with Crippen LogP contribution in [-0.2, 0) is 11.2 Å². The average molecular weight is 400 g/mol. The van der Waals surface area contributed by atoms with Crippen LogP contribution >= 0.6 is 0 Å². The van der Waals surface area contributed by atoms with Gasteiger partial charge in [0, 0.05) is 12.8 Å². The number of benzene rings is 1. The van der Waals surface area contributed by atoms with E-state index in [1.54, 1.807) is 0 Å². The van der Waals surface area contributed by atoms with Crippen molar-refractivity contribution < 1.29 is 19.4 Å². The summed E-state index contributed by atoms with van der Waals surface area (Å²) in [6.45, 7) is 2.66. The van der Waals surface area contributed by atoms with Crippen LogP contribution < -0.4 is 9.47 Å². The highest BCUT2D eigenvalue weighted by Crippen LogP contribution is 2.36. The quantitative estimate of drug-likeness (QED) is 0.334. The number of carbonyl (C=O) groups is 1. The summed E-state index contributed by atoms with van der Waals surface area (Å²) in [5.41, 5.74) is 0.893. The number of carboxylic acid groups (broad SMARTS) is 1. The first-order valence-corrected chi connectivity index (χ1v) is 10.7. The maximum atomic E-state index is 10.5. The summed E-state index contributed by atoms with van der Waals surface area (Å²) >= 11 is 0. The molecule has 0 radical (unpaired) electrons. The summed E-state index contributed by atoms with van der Waals surface area (Å²) in [5.74, 6) is 0.972. The molecule has 1 heterocycles. The highest BCUT2D eigenvalue weighted by atomic mass is 16.5. The fourth-order valence-corrected chi connectivity index (χ4v) is 3.46. The smallest absolute Gasteiger partial charge is 0.303 e. The molecule has 1 unspecified atom stereocenters. The Morgan fingerprint density at radius 3 is 2.90 bits per heavy atom. The number of nitrogens with zero attached hydrogens (tertiary/aromatic N) is 1. The van der Waals surface area contributed by atoms with Crippen LogP contribution in [0.2, 0.25) is 0 Å². The highest BCUT2D eigenvalue weighted by molar-refractivity contribution is 5.66. The van der Waals surface area contributed by atoms with Crippen LogP contribution in [0.4, 0.5) is 0 Å². The minimum absolute atomic E-state index is 0.189. The van der Waals surface area contributed by atoms with E-state index in [1.165, 1.54) is 6.42 Å². The first-order chi connectivity index (χ1) is 14.0. The summed E-state index contributed by atoms with van der Waals surface area (Å²) in [5, 5.41) is 17.2. The van der Waals surface area contributed by atoms with E-state index in [4.69, 9.17) is 19.8 Å². The SMILES string of the molecule is CC1(C=CCCCCCCC#N)CCc2cc(OCCCCC(=O)O)ccc2O1. The molecule has 1 N–H and O–H groups in total. The number of aliphatic carboxylic acids is 1. The summed E-state index contributed by atoms with van der Waals surface area (Å²) < 4.78 is 12.0. The Kier molecular flexibility index (Phi) is 9.56. The van der Waals surface area contributed by atoms with Gasteiger partial charge in [-0.3, -0.25) is 4.79 Å². The van der Waals surface area contributed by atoms with Gasteiger partial charge in [0.2, 0.25) is 0 Å². The first kappa shape index (κ1) is 22.8. The Morgan fingerprint density at radius 1 is 1.28 bits per heavy atom. The molecule has 5 nitrogen and oxygen atoms in total. The van der Waals surface area contributed by atoms with Gasteiger partial charge in [-0.05, 0) is 81.7 Å². The molecule has 2 rings (SSSR count). The molecule has 1 atom stereocenters. The molecule has 1 aromatic rings. The van der Waals surface area contributed by atoms with Crippen LogP contribution in [0.3, 0.4) is 0 Å². The minimum atomic E-state index is -0.761. The molecule has 1 aromatic carbocycles. The molecule has 0 bridgehead atoms. The van der Waals surface area contributed by atoms with E-state index in [0.29, 0.717) is 19.4 Å². The van der Waals surface area contributed by atoms with Crippen molar-refractivity contribution in [1.29, 1.82) is 5.26 Å². The van der Waals surface area contributed by atoms with Crippen molar-refractivity contribution in [3.05, 3.63) is 35.9 Å². The zero-order chi connectivity index (χ0) is 21.0. The van der Waals surface area contributed by atoms with Crippen molar-refractivity contribution in [2.24, 2.45) is 0 Å². The summed E-state index contributed by atoms with van der Waals surface area (Å²) in [6.07, 6.45) is 14.0. The number of hydrogen-bond acceptors (Lipinski definition) is 4. The lowest BCUT2D eigenvalue weighted by Gasteiger charge is -2.33. The van der Waals surface area contributed by atoms with Crippen molar-refractivity contribution in [2.45, 2.75) is 83.2 Å². The molecule has 0 spiro atoms. The van der Waals surface area contributed by atoms with Gasteiger partial charge in [0.1, 0.15) is 17.1 Å². The Labute approximate surface area is 174 Å². The first-order valence-electron chi connectivity index (χ1n) is 10.7. The number of carboxylic acids is 1. The monoisotopic (exact) mass is 399 g/mol. The number of rotatable bonds is 13. The van der Waals surface area contributed by atoms with E-state index in [9.17, 15) is 4.79 Å². The number of unbranched alkanes of at least 4 members (excludes halogenated alkanes) is 6. The third-order valence-electron chi connectivity index (χ3n) is 5.20. The van der Waals surface area contributed by atoms with Crippen LogP contribution in [0.1, 0.15) is 76.7 Å². The van der Waals surface area contributed by atoms with Crippen molar-refractivity contribution in [2.75, 3.05) is 6.61 Å². The molecule has 0 saturated carbocycles. The molecule has 0 amide bonds. The summed E-state index contributed by atoms with van der Waals surface area (Å²) in [7, 11) is 0. The zero-order valence-corrected chi connectivity index (χ0v) is 17.5. The van der Waals surface area contributed by atoms with Gasteiger partial charge < -0.3 is 14.6 Å². The topological polar surface area (TPSA) is 79.5 Å². The second-order valence-corrected chi connectivity index (χ2v) is 7.90. The van der Waals surface area contributed by atoms with Gasteiger partial charge in [-0.1, -0.05) is 18.9 Å². The predicted molar refractivity (Wildman–Crippen MR) is 113 cm³/mol. The third kappa shape index (κ3) is 8.60. The minimum Gasteiger partial charge on any atom is -0.494 e. The van der Waals surface area contributed by atoms with E-state index in [-0.39, 0.29) is 12.0 Å². The molecule has 158 valence electrons. The molecule has 1 aliphatic heterocycles. The molecule has 0 saturated heterocycles. The number of fused-ring (bicyclic) bond motifs is 1. The number of hydrogen-bond donors (Lipinski definition) is 1. The number of allylic oxidation sites excluding steroid dienone is 1. The van der Waals surface area contributed by atoms with Crippen LogP contribution in [0, 0.1) is 11.3 Å². The molecule has 0 fully saturated rings. The lowest BCUT2D eigenvalue weighted by atomic mass is 9.91. The van der Waals surface area contributed by atoms with Gasteiger partial charge in [0.15, 0.2) is 0 Å². The van der Waals surface area contributed by atoms with E-state index in [0.717, 1.165) is 62.0 Å². The van der Waals surface area contributed by atoms with Crippen molar-refractivity contribution >= 4 is 5.97 Å². The van der Waals surface area contributed by atoms with Crippen molar-refractivity contribution in [1.82, 2.24) is 0 Å². The normalized spacial score (nSPS) is 18.1. The van der Waals surface area contributed by atoms with Gasteiger partial charge in [0.05, 0.1) is 12.7 Å². The lowest BCUT2D eigenvalue weighted by molar-refractivity contribution is -0.137. The summed E-state index contributed by atoms with van der Waals surface area (Å²) in [4.78, 5) is 10.5. The van der Waals surface area contributed by atoms with E-state index >= 15 is 0 Å². The van der Waals surface area contributed by atoms with Gasteiger partial charge in [-0.15, -0.1) is 0 Å². The number of nitriles is 1. The molecule has 29 heavy (non-hydrogen) atoms. The van der Waals surface area contributed by atoms with Gasteiger partial charge in [-0.2, -0.15) is 5.26 Å². The Hall–Kier alpha value is -2.48.